The van der Waals surface area contributed by atoms with Gasteiger partial charge in [0, 0.05) is 6.08 Å². The molecule has 3 heteroatoms. The summed E-state index contributed by atoms with van der Waals surface area (Å²) >= 11 is 0. The van der Waals surface area contributed by atoms with Crippen LogP contribution in [-0.4, -0.2) is 12.4 Å². The van der Waals surface area contributed by atoms with E-state index >= 15 is 0 Å². The molecule has 0 aliphatic heterocycles. The Morgan fingerprint density at radius 1 is 1.67 bits per heavy atom. The van der Waals surface area contributed by atoms with E-state index in [1.165, 1.54) is 6.08 Å². The summed E-state index contributed by atoms with van der Waals surface area (Å²) in [5.41, 5.74) is 0. The summed E-state index contributed by atoms with van der Waals surface area (Å²) in [6.45, 7) is 1.99. The molecule has 0 spiro atoms. The summed E-state index contributed by atoms with van der Waals surface area (Å²) in [4.78, 5) is 19.8. The monoisotopic (exact) mass is 128 g/mol. The van der Waals surface area contributed by atoms with E-state index in [0.29, 0.717) is 0 Å². The molecule has 0 atom stereocenters. The van der Waals surface area contributed by atoms with Crippen molar-refractivity contribution < 1.29 is 14.3 Å². The zero-order valence-electron chi connectivity index (χ0n) is 5.16. The third-order valence-electron chi connectivity index (χ3n) is 0.654. The molecule has 0 aromatic carbocycles. The quantitative estimate of drug-likeness (QED) is 0.242. The SMILES string of the molecule is CCC=CC(=O)OC=O. The number of esters is 1. The smallest absolute Gasteiger partial charge is 0.337 e. The lowest BCUT2D eigenvalue weighted by Gasteiger charge is -1.84. The third-order valence-corrected chi connectivity index (χ3v) is 0.654. The Kier molecular flexibility index (Phi) is 4.40. The second kappa shape index (κ2) is 5.03. The summed E-state index contributed by atoms with van der Waals surface area (Å²) in [6.07, 6.45) is 3.59. The molecule has 50 valence electrons. The van der Waals surface area contributed by atoms with Gasteiger partial charge in [0.05, 0.1) is 0 Å². The maximum absolute atomic E-state index is 10.3. The minimum atomic E-state index is -0.619. The summed E-state index contributed by atoms with van der Waals surface area (Å²) in [6, 6.07) is 0. The van der Waals surface area contributed by atoms with Crippen molar-refractivity contribution in [2.75, 3.05) is 0 Å². The summed E-state index contributed by atoms with van der Waals surface area (Å²) in [5, 5.41) is 0. The molecular formula is C6H8O3. The maximum atomic E-state index is 10.3. The molecule has 0 amide bonds. The van der Waals surface area contributed by atoms with Gasteiger partial charge in [0.1, 0.15) is 0 Å². The van der Waals surface area contributed by atoms with Gasteiger partial charge >= 0.3 is 12.4 Å². The minimum Gasteiger partial charge on any atom is -0.392 e. The molecule has 0 bridgehead atoms. The van der Waals surface area contributed by atoms with Crippen LogP contribution >= 0.6 is 0 Å². The lowest BCUT2D eigenvalue weighted by atomic mass is 10.4. The van der Waals surface area contributed by atoms with Crippen molar-refractivity contribution in [3.8, 4) is 0 Å². The van der Waals surface area contributed by atoms with Crippen LogP contribution in [0.2, 0.25) is 0 Å². The summed E-state index contributed by atoms with van der Waals surface area (Å²) in [7, 11) is 0. The molecule has 0 unspecified atom stereocenters. The number of rotatable bonds is 3. The molecule has 0 N–H and O–H groups in total. The topological polar surface area (TPSA) is 43.4 Å². The number of ether oxygens (including phenoxy) is 1. The van der Waals surface area contributed by atoms with Gasteiger partial charge in [0.25, 0.3) is 0 Å². The molecule has 0 aromatic heterocycles. The molecule has 0 heterocycles. The van der Waals surface area contributed by atoms with Gasteiger partial charge in [-0.1, -0.05) is 13.0 Å². The van der Waals surface area contributed by atoms with E-state index in [2.05, 4.69) is 4.74 Å². The van der Waals surface area contributed by atoms with Crippen molar-refractivity contribution in [2.45, 2.75) is 13.3 Å². The first-order valence-corrected chi connectivity index (χ1v) is 2.62. The van der Waals surface area contributed by atoms with Gasteiger partial charge in [-0.2, -0.15) is 0 Å². The van der Waals surface area contributed by atoms with Crippen LogP contribution in [0.5, 0.6) is 0 Å². The molecule has 0 aliphatic carbocycles. The molecular weight excluding hydrogens is 120 g/mol. The highest BCUT2D eigenvalue weighted by Gasteiger charge is 1.90. The Labute approximate surface area is 53.3 Å². The minimum absolute atomic E-state index is 0.113. The van der Waals surface area contributed by atoms with Crippen LogP contribution in [0.25, 0.3) is 0 Å². The van der Waals surface area contributed by atoms with E-state index in [4.69, 9.17) is 0 Å². The van der Waals surface area contributed by atoms with Crippen molar-refractivity contribution in [3.63, 3.8) is 0 Å². The fourth-order valence-electron chi connectivity index (χ4n) is 0.301. The van der Waals surface area contributed by atoms with Crippen LogP contribution in [0.3, 0.4) is 0 Å². The largest absolute Gasteiger partial charge is 0.392 e. The highest BCUT2D eigenvalue weighted by Crippen LogP contribution is 1.81. The van der Waals surface area contributed by atoms with Crippen LogP contribution in [0.15, 0.2) is 12.2 Å². The summed E-state index contributed by atoms with van der Waals surface area (Å²) < 4.78 is 3.94. The van der Waals surface area contributed by atoms with Crippen LogP contribution in [-0.2, 0) is 14.3 Å². The van der Waals surface area contributed by atoms with E-state index < -0.39 is 5.97 Å². The molecule has 0 aromatic rings. The molecule has 0 fully saturated rings. The Morgan fingerprint density at radius 3 is 2.78 bits per heavy atom. The Bertz CT molecular complexity index is 126. The average Bonchev–Trinajstić information content (AvgIpc) is 1.85. The molecule has 9 heavy (non-hydrogen) atoms. The zero-order valence-corrected chi connectivity index (χ0v) is 5.16. The van der Waals surface area contributed by atoms with Gasteiger partial charge in [-0.15, -0.1) is 0 Å². The van der Waals surface area contributed by atoms with Crippen LogP contribution in [0, 0.1) is 0 Å². The fraction of sp³-hybridized carbons (Fsp3) is 0.333. The predicted octanol–water partition coefficient (Wildman–Crippen LogP) is 0.652. The highest BCUT2D eigenvalue weighted by molar-refractivity contribution is 5.86. The lowest BCUT2D eigenvalue weighted by molar-refractivity contribution is -0.147. The second-order valence-electron chi connectivity index (χ2n) is 1.34. The number of carbonyl (C=O) groups is 2. The van der Waals surface area contributed by atoms with Crippen molar-refractivity contribution >= 4 is 12.4 Å². The van der Waals surface area contributed by atoms with Gasteiger partial charge in [-0.25, -0.2) is 4.79 Å². The van der Waals surface area contributed by atoms with Gasteiger partial charge in [0.2, 0.25) is 0 Å². The normalized spacial score (nSPS) is 9.44. The number of hydrogen-bond donors (Lipinski definition) is 0. The Morgan fingerprint density at radius 2 is 2.33 bits per heavy atom. The molecule has 0 saturated carbocycles. The molecule has 0 saturated heterocycles. The second-order valence-corrected chi connectivity index (χ2v) is 1.34. The summed E-state index contributed by atoms with van der Waals surface area (Å²) in [5.74, 6) is -0.619. The van der Waals surface area contributed by atoms with E-state index in [0.717, 1.165) is 6.42 Å². The first-order valence-electron chi connectivity index (χ1n) is 2.62. The molecule has 3 nitrogen and oxygen atoms in total. The predicted molar refractivity (Wildman–Crippen MR) is 31.6 cm³/mol. The van der Waals surface area contributed by atoms with Gasteiger partial charge in [-0.3, -0.25) is 4.79 Å². The number of hydrogen-bond acceptors (Lipinski definition) is 3. The number of carbonyl (C=O) groups excluding carboxylic acids is 2. The van der Waals surface area contributed by atoms with E-state index in [1.54, 1.807) is 6.08 Å². The van der Waals surface area contributed by atoms with Crippen molar-refractivity contribution in [1.29, 1.82) is 0 Å². The van der Waals surface area contributed by atoms with Gasteiger partial charge in [0.15, 0.2) is 0 Å². The van der Waals surface area contributed by atoms with Crippen molar-refractivity contribution in [3.05, 3.63) is 12.2 Å². The molecule has 0 rings (SSSR count). The van der Waals surface area contributed by atoms with Gasteiger partial charge < -0.3 is 4.74 Å². The Balaban J connectivity index is 3.49. The van der Waals surface area contributed by atoms with E-state index in [1.807, 2.05) is 6.92 Å². The Hall–Kier alpha value is -1.12. The van der Waals surface area contributed by atoms with E-state index in [-0.39, 0.29) is 6.47 Å². The molecule has 0 aliphatic rings. The molecule has 0 radical (unpaired) electrons. The fourth-order valence-corrected chi connectivity index (χ4v) is 0.301. The van der Waals surface area contributed by atoms with Crippen molar-refractivity contribution in [2.24, 2.45) is 0 Å². The van der Waals surface area contributed by atoms with Crippen molar-refractivity contribution in [1.82, 2.24) is 0 Å². The van der Waals surface area contributed by atoms with Crippen LogP contribution in [0.1, 0.15) is 13.3 Å². The van der Waals surface area contributed by atoms with Crippen LogP contribution in [0.4, 0.5) is 0 Å². The first-order chi connectivity index (χ1) is 4.31. The zero-order chi connectivity index (χ0) is 7.11. The standard InChI is InChI=1S/C6H8O3/c1-2-3-4-6(8)9-5-7/h3-5H,2H2,1H3. The van der Waals surface area contributed by atoms with E-state index in [9.17, 15) is 9.59 Å². The highest BCUT2D eigenvalue weighted by atomic mass is 16.6. The first kappa shape index (κ1) is 7.88. The van der Waals surface area contributed by atoms with Gasteiger partial charge in [-0.05, 0) is 6.42 Å². The lowest BCUT2D eigenvalue weighted by Crippen LogP contribution is -1.96. The van der Waals surface area contributed by atoms with Crippen LogP contribution < -0.4 is 0 Å². The average molecular weight is 128 g/mol. The maximum Gasteiger partial charge on any atom is 0.337 e. The number of allylic oxidation sites excluding steroid dienone is 1. The third kappa shape index (κ3) is 4.74.